The number of amides is 1. The Morgan fingerprint density at radius 3 is 2.68 bits per heavy atom. The van der Waals surface area contributed by atoms with Crippen molar-refractivity contribution in [2.45, 2.75) is 11.8 Å². The van der Waals surface area contributed by atoms with Crippen LogP contribution in [0.3, 0.4) is 0 Å². The summed E-state index contributed by atoms with van der Waals surface area (Å²) in [5.41, 5.74) is 2.10. The Hall–Kier alpha value is -0.970. The first-order chi connectivity index (χ1) is 8.99. The average molecular weight is 357 g/mol. The summed E-state index contributed by atoms with van der Waals surface area (Å²) >= 11 is 13.7. The van der Waals surface area contributed by atoms with Crippen LogP contribution in [-0.2, 0) is 0 Å². The second kappa shape index (κ2) is 5.99. The van der Waals surface area contributed by atoms with Gasteiger partial charge < -0.3 is 5.32 Å². The maximum atomic E-state index is 12.2. The topological polar surface area (TPSA) is 29.1 Å². The van der Waals surface area contributed by atoms with Gasteiger partial charge in [-0.25, -0.2) is 0 Å². The summed E-state index contributed by atoms with van der Waals surface area (Å²) in [4.78, 5) is 12.8. The van der Waals surface area contributed by atoms with Gasteiger partial charge in [-0.05, 0) is 52.7 Å². The molecule has 0 atom stereocenters. The highest BCUT2D eigenvalue weighted by Crippen LogP contribution is 2.29. The van der Waals surface area contributed by atoms with Crippen LogP contribution in [0.2, 0.25) is 5.02 Å². The number of rotatable bonds is 2. The zero-order valence-corrected chi connectivity index (χ0v) is 13.3. The van der Waals surface area contributed by atoms with Gasteiger partial charge in [-0.2, -0.15) is 0 Å². The number of hydrogen-bond donors (Lipinski definition) is 2. The Morgan fingerprint density at radius 1 is 1.32 bits per heavy atom. The molecule has 0 aliphatic heterocycles. The molecule has 98 valence electrons. The summed E-state index contributed by atoms with van der Waals surface area (Å²) in [5, 5.41) is 3.43. The number of aryl methyl sites for hydroxylation is 1. The predicted octanol–water partition coefficient (Wildman–Crippen LogP) is 4.95. The third kappa shape index (κ3) is 3.32. The summed E-state index contributed by atoms with van der Waals surface area (Å²) < 4.78 is 0.791. The van der Waals surface area contributed by atoms with Crippen LogP contribution < -0.4 is 5.32 Å². The standard InChI is InChI=1S/C14H11BrClNOS/c1-8-6-10(15)12(7-11(8)16)17-14(18)9-4-2-3-5-13(9)19/h2-7,19H,1H3,(H,17,18). The maximum absolute atomic E-state index is 12.2. The number of carbonyl (C=O) groups excluding carboxylic acids is 1. The quantitative estimate of drug-likeness (QED) is 0.732. The van der Waals surface area contributed by atoms with E-state index in [4.69, 9.17) is 11.6 Å². The van der Waals surface area contributed by atoms with Crippen molar-refractivity contribution in [1.82, 2.24) is 0 Å². The first-order valence-electron chi connectivity index (χ1n) is 5.54. The summed E-state index contributed by atoms with van der Waals surface area (Å²) in [6.07, 6.45) is 0. The molecule has 0 radical (unpaired) electrons. The van der Waals surface area contributed by atoms with Crippen LogP contribution in [0.5, 0.6) is 0 Å². The predicted molar refractivity (Wildman–Crippen MR) is 85.5 cm³/mol. The Labute approximate surface area is 130 Å². The third-order valence-electron chi connectivity index (χ3n) is 2.65. The van der Waals surface area contributed by atoms with E-state index in [0.29, 0.717) is 21.2 Å². The Kier molecular flexibility index (Phi) is 4.55. The molecular weight excluding hydrogens is 346 g/mol. The second-order valence-corrected chi connectivity index (χ2v) is 5.80. The summed E-state index contributed by atoms with van der Waals surface area (Å²) in [6.45, 7) is 1.90. The van der Waals surface area contributed by atoms with E-state index in [-0.39, 0.29) is 5.91 Å². The Morgan fingerprint density at radius 2 is 2.00 bits per heavy atom. The molecule has 0 saturated heterocycles. The molecule has 19 heavy (non-hydrogen) atoms. The smallest absolute Gasteiger partial charge is 0.256 e. The molecule has 0 spiro atoms. The van der Waals surface area contributed by atoms with Crippen LogP contribution in [0.1, 0.15) is 15.9 Å². The average Bonchev–Trinajstić information content (AvgIpc) is 2.36. The van der Waals surface area contributed by atoms with E-state index in [2.05, 4.69) is 33.9 Å². The zero-order chi connectivity index (χ0) is 14.0. The first kappa shape index (κ1) is 14.4. The van der Waals surface area contributed by atoms with Crippen molar-refractivity contribution >= 4 is 51.8 Å². The third-order valence-corrected chi connectivity index (χ3v) is 4.10. The fourth-order valence-corrected chi connectivity index (χ4v) is 2.58. The molecule has 0 bridgehead atoms. The minimum Gasteiger partial charge on any atom is -0.321 e. The van der Waals surface area contributed by atoms with E-state index in [9.17, 15) is 4.79 Å². The number of hydrogen-bond acceptors (Lipinski definition) is 2. The van der Waals surface area contributed by atoms with Gasteiger partial charge in [0.2, 0.25) is 0 Å². The van der Waals surface area contributed by atoms with Crippen LogP contribution in [0, 0.1) is 6.92 Å². The van der Waals surface area contributed by atoms with Crippen molar-refractivity contribution in [3.8, 4) is 0 Å². The molecule has 1 N–H and O–H groups in total. The summed E-state index contributed by atoms with van der Waals surface area (Å²) in [7, 11) is 0. The van der Waals surface area contributed by atoms with Crippen LogP contribution in [0.25, 0.3) is 0 Å². The summed E-state index contributed by atoms with van der Waals surface area (Å²) in [6, 6.07) is 10.7. The van der Waals surface area contributed by atoms with E-state index in [1.165, 1.54) is 0 Å². The van der Waals surface area contributed by atoms with Gasteiger partial charge in [-0.1, -0.05) is 23.7 Å². The van der Waals surface area contributed by atoms with Gasteiger partial charge in [0.05, 0.1) is 11.3 Å². The maximum Gasteiger partial charge on any atom is 0.256 e. The molecule has 0 saturated carbocycles. The SMILES string of the molecule is Cc1cc(Br)c(NC(=O)c2ccccc2S)cc1Cl. The van der Waals surface area contributed by atoms with Gasteiger partial charge in [0, 0.05) is 14.4 Å². The van der Waals surface area contributed by atoms with Crippen LogP contribution in [-0.4, -0.2) is 5.91 Å². The largest absolute Gasteiger partial charge is 0.321 e. The highest BCUT2D eigenvalue weighted by Gasteiger charge is 2.12. The number of nitrogens with one attached hydrogen (secondary N) is 1. The molecule has 0 aliphatic rings. The second-order valence-electron chi connectivity index (χ2n) is 4.05. The van der Waals surface area contributed by atoms with Gasteiger partial charge in [-0.3, -0.25) is 4.79 Å². The van der Waals surface area contributed by atoms with E-state index in [0.717, 1.165) is 10.0 Å². The van der Waals surface area contributed by atoms with Crippen molar-refractivity contribution in [3.05, 3.63) is 57.0 Å². The lowest BCUT2D eigenvalue weighted by Gasteiger charge is -2.10. The van der Waals surface area contributed by atoms with Gasteiger partial charge in [0.25, 0.3) is 5.91 Å². The highest BCUT2D eigenvalue weighted by molar-refractivity contribution is 9.10. The molecule has 0 unspecified atom stereocenters. The number of anilines is 1. The number of benzene rings is 2. The van der Waals surface area contributed by atoms with Crippen molar-refractivity contribution in [1.29, 1.82) is 0 Å². The van der Waals surface area contributed by atoms with E-state index >= 15 is 0 Å². The van der Waals surface area contributed by atoms with E-state index in [1.807, 2.05) is 19.1 Å². The first-order valence-corrected chi connectivity index (χ1v) is 7.16. The molecule has 2 rings (SSSR count). The zero-order valence-electron chi connectivity index (χ0n) is 10.1. The fourth-order valence-electron chi connectivity index (χ4n) is 1.60. The van der Waals surface area contributed by atoms with Crippen LogP contribution >= 0.6 is 40.2 Å². The van der Waals surface area contributed by atoms with Crippen molar-refractivity contribution in [2.75, 3.05) is 5.32 Å². The van der Waals surface area contributed by atoms with Gasteiger partial charge >= 0.3 is 0 Å². The molecule has 1 amide bonds. The molecule has 0 heterocycles. The molecule has 2 nitrogen and oxygen atoms in total. The van der Waals surface area contributed by atoms with Gasteiger partial charge in [-0.15, -0.1) is 12.6 Å². The number of thiol groups is 1. The van der Waals surface area contributed by atoms with Crippen molar-refractivity contribution < 1.29 is 4.79 Å². The fraction of sp³-hybridized carbons (Fsp3) is 0.0714. The Balaban J connectivity index is 2.30. The number of halogens is 2. The molecule has 5 heteroatoms. The monoisotopic (exact) mass is 355 g/mol. The van der Waals surface area contributed by atoms with Crippen molar-refractivity contribution in [3.63, 3.8) is 0 Å². The van der Waals surface area contributed by atoms with Crippen molar-refractivity contribution in [2.24, 2.45) is 0 Å². The highest BCUT2D eigenvalue weighted by atomic mass is 79.9. The molecule has 2 aromatic carbocycles. The normalized spacial score (nSPS) is 10.3. The van der Waals surface area contributed by atoms with Crippen LogP contribution in [0.4, 0.5) is 5.69 Å². The minimum atomic E-state index is -0.216. The number of carbonyl (C=O) groups is 1. The minimum absolute atomic E-state index is 0.216. The molecule has 0 aromatic heterocycles. The van der Waals surface area contributed by atoms with E-state index < -0.39 is 0 Å². The molecule has 2 aromatic rings. The lowest BCUT2D eigenvalue weighted by Crippen LogP contribution is -2.13. The van der Waals surface area contributed by atoms with Crippen LogP contribution in [0.15, 0.2) is 45.8 Å². The summed E-state index contributed by atoms with van der Waals surface area (Å²) in [5.74, 6) is -0.216. The van der Waals surface area contributed by atoms with Gasteiger partial charge in [0.1, 0.15) is 0 Å². The molecule has 0 aliphatic carbocycles. The molecule has 0 fully saturated rings. The Bertz CT molecular complexity index is 645. The van der Waals surface area contributed by atoms with Gasteiger partial charge in [0.15, 0.2) is 0 Å². The lowest BCUT2D eigenvalue weighted by atomic mass is 10.2. The van der Waals surface area contributed by atoms with E-state index in [1.54, 1.807) is 24.3 Å². The molecular formula is C14H11BrClNOS. The lowest BCUT2D eigenvalue weighted by molar-refractivity contribution is 0.102.